The third-order valence-corrected chi connectivity index (χ3v) is 5.13. The number of rotatable bonds is 4. The van der Waals surface area contributed by atoms with Gasteiger partial charge in [0.15, 0.2) is 5.65 Å². The van der Waals surface area contributed by atoms with Crippen molar-refractivity contribution in [2.75, 3.05) is 18.4 Å². The van der Waals surface area contributed by atoms with Crippen molar-refractivity contribution in [1.82, 2.24) is 24.8 Å². The lowest BCUT2D eigenvalue weighted by molar-refractivity contribution is 0.401. The van der Waals surface area contributed by atoms with Crippen molar-refractivity contribution in [2.24, 2.45) is 5.41 Å². The van der Waals surface area contributed by atoms with Gasteiger partial charge in [-0.1, -0.05) is 44.0 Å². The highest BCUT2D eigenvalue weighted by Gasteiger charge is 2.24. The fourth-order valence-electron chi connectivity index (χ4n) is 3.53. The molecule has 1 aliphatic rings. The smallest absolute Gasteiger partial charge is 0.210 e. The van der Waals surface area contributed by atoms with Gasteiger partial charge in [0, 0.05) is 28.7 Å². The highest BCUT2D eigenvalue weighted by Crippen LogP contribution is 2.31. The monoisotopic (exact) mass is 418 g/mol. The van der Waals surface area contributed by atoms with Crippen LogP contribution in [0.5, 0.6) is 0 Å². The first-order chi connectivity index (χ1) is 13.3. The van der Waals surface area contributed by atoms with Gasteiger partial charge in [-0.15, -0.1) is 0 Å². The molecule has 0 bridgehead atoms. The number of nitrogens with one attached hydrogen (secondary N) is 2. The van der Waals surface area contributed by atoms with Crippen LogP contribution in [0.1, 0.15) is 39.1 Å². The molecule has 1 unspecified atom stereocenters. The molecule has 148 valence electrons. The van der Waals surface area contributed by atoms with E-state index < -0.39 is 0 Å². The summed E-state index contributed by atoms with van der Waals surface area (Å²) in [7, 11) is 0. The van der Waals surface area contributed by atoms with E-state index >= 15 is 0 Å². The van der Waals surface area contributed by atoms with Crippen LogP contribution in [0.3, 0.4) is 0 Å². The maximum atomic E-state index is 6.16. The van der Waals surface area contributed by atoms with Gasteiger partial charge < -0.3 is 10.6 Å². The molecule has 28 heavy (non-hydrogen) atoms. The second-order valence-corrected chi connectivity index (χ2v) is 9.34. The Morgan fingerprint density at radius 2 is 1.93 bits per heavy atom. The average molecular weight is 419 g/mol. The minimum Gasteiger partial charge on any atom is -0.325 e. The van der Waals surface area contributed by atoms with Gasteiger partial charge in [0.25, 0.3) is 0 Å². The van der Waals surface area contributed by atoms with Crippen molar-refractivity contribution < 1.29 is 0 Å². The molecule has 0 spiro atoms. The fourth-order valence-corrected chi connectivity index (χ4v) is 4.06. The van der Waals surface area contributed by atoms with E-state index in [1.54, 1.807) is 6.07 Å². The molecule has 6 nitrogen and oxygen atoms in total. The summed E-state index contributed by atoms with van der Waals surface area (Å²) < 4.78 is 2.18. The van der Waals surface area contributed by atoms with Crippen LogP contribution in [0.25, 0.3) is 11.2 Å². The minimum absolute atomic E-state index is 0.117. The SMILES string of the molecule is CC(C)(C)Cc1ncc2nc(Nc3cc(Cl)cc(Cl)c3)n(C3CCNC3)c2n1. The minimum atomic E-state index is 0.117. The second-order valence-electron chi connectivity index (χ2n) is 8.47. The topological polar surface area (TPSA) is 67.7 Å². The van der Waals surface area contributed by atoms with E-state index in [1.807, 2.05) is 18.3 Å². The predicted octanol–water partition coefficient (Wildman–Crippen LogP) is 5.00. The molecule has 0 amide bonds. The Kier molecular flexibility index (Phi) is 5.21. The van der Waals surface area contributed by atoms with E-state index in [9.17, 15) is 0 Å². The van der Waals surface area contributed by atoms with Gasteiger partial charge in [-0.25, -0.2) is 15.0 Å². The zero-order chi connectivity index (χ0) is 19.9. The summed E-state index contributed by atoms with van der Waals surface area (Å²) in [6.07, 6.45) is 3.65. The molecule has 3 aromatic rings. The normalized spacial score (nSPS) is 17.4. The summed E-state index contributed by atoms with van der Waals surface area (Å²) in [6, 6.07) is 5.66. The molecule has 4 rings (SSSR count). The molecule has 1 aliphatic heterocycles. The summed E-state index contributed by atoms with van der Waals surface area (Å²) in [5, 5.41) is 7.95. The van der Waals surface area contributed by atoms with Crippen LogP contribution in [-0.4, -0.2) is 32.6 Å². The number of hydrogen-bond donors (Lipinski definition) is 2. The fraction of sp³-hybridized carbons (Fsp3) is 0.450. The molecule has 2 N–H and O–H groups in total. The lowest BCUT2D eigenvalue weighted by atomic mass is 9.92. The molecular weight excluding hydrogens is 395 g/mol. The highest BCUT2D eigenvalue weighted by atomic mass is 35.5. The van der Waals surface area contributed by atoms with E-state index in [0.717, 1.165) is 54.6 Å². The van der Waals surface area contributed by atoms with Gasteiger partial charge in [0.05, 0.1) is 12.2 Å². The quantitative estimate of drug-likeness (QED) is 0.623. The summed E-state index contributed by atoms with van der Waals surface area (Å²) >= 11 is 12.3. The first-order valence-corrected chi connectivity index (χ1v) is 10.2. The van der Waals surface area contributed by atoms with Gasteiger partial charge in [0.2, 0.25) is 5.95 Å². The van der Waals surface area contributed by atoms with Gasteiger partial charge in [-0.2, -0.15) is 0 Å². The molecule has 3 heterocycles. The van der Waals surface area contributed by atoms with Crippen LogP contribution < -0.4 is 10.6 Å². The molecule has 1 fully saturated rings. The van der Waals surface area contributed by atoms with E-state index in [2.05, 4.69) is 41.0 Å². The van der Waals surface area contributed by atoms with E-state index in [1.165, 1.54) is 0 Å². The van der Waals surface area contributed by atoms with Crippen LogP contribution in [0.4, 0.5) is 11.6 Å². The van der Waals surface area contributed by atoms with Crippen LogP contribution >= 0.6 is 23.2 Å². The molecule has 0 radical (unpaired) electrons. The maximum absolute atomic E-state index is 6.16. The lowest BCUT2D eigenvalue weighted by Gasteiger charge is -2.18. The van der Waals surface area contributed by atoms with Gasteiger partial charge in [0.1, 0.15) is 11.3 Å². The lowest BCUT2D eigenvalue weighted by Crippen LogP contribution is -2.16. The van der Waals surface area contributed by atoms with Crippen molar-refractivity contribution in [3.05, 3.63) is 40.3 Å². The van der Waals surface area contributed by atoms with Crippen molar-refractivity contribution in [3.63, 3.8) is 0 Å². The molecule has 8 heteroatoms. The van der Waals surface area contributed by atoms with Crippen molar-refractivity contribution >= 4 is 46.0 Å². The zero-order valence-electron chi connectivity index (χ0n) is 16.3. The summed E-state index contributed by atoms with van der Waals surface area (Å²) in [5.41, 5.74) is 2.55. The standard InChI is InChI=1S/C20H24Cl2N6/c1-20(2,3)9-17-24-11-16-18(27-17)28(15-4-5-23-10-15)19(26-16)25-14-7-12(21)6-13(22)8-14/h6-8,11,15,23H,4-5,9-10H2,1-3H3,(H,25,26). The van der Waals surface area contributed by atoms with Crippen LogP contribution in [-0.2, 0) is 6.42 Å². The van der Waals surface area contributed by atoms with Gasteiger partial charge >= 0.3 is 0 Å². The highest BCUT2D eigenvalue weighted by molar-refractivity contribution is 6.35. The number of imidazole rings is 1. The van der Waals surface area contributed by atoms with Gasteiger partial charge in [-0.05, 0) is 36.6 Å². The zero-order valence-corrected chi connectivity index (χ0v) is 17.8. The van der Waals surface area contributed by atoms with Crippen molar-refractivity contribution in [2.45, 2.75) is 39.7 Å². The van der Waals surface area contributed by atoms with Crippen molar-refractivity contribution in [3.8, 4) is 0 Å². The molecule has 0 saturated carbocycles. The van der Waals surface area contributed by atoms with Crippen molar-refractivity contribution in [1.29, 1.82) is 0 Å². The Labute approximate surface area is 174 Å². The van der Waals surface area contributed by atoms with Crippen LogP contribution in [0.2, 0.25) is 10.0 Å². The number of nitrogens with zero attached hydrogens (tertiary/aromatic N) is 4. The van der Waals surface area contributed by atoms with E-state index in [-0.39, 0.29) is 11.5 Å². The molecular formula is C20H24Cl2N6. The number of benzene rings is 1. The molecule has 1 aromatic carbocycles. The largest absolute Gasteiger partial charge is 0.325 e. The Bertz CT molecular complexity index is 982. The molecule has 1 saturated heterocycles. The summed E-state index contributed by atoms with van der Waals surface area (Å²) in [5.74, 6) is 1.56. The third kappa shape index (κ3) is 4.24. The van der Waals surface area contributed by atoms with Gasteiger partial charge in [-0.3, -0.25) is 4.57 Å². The number of fused-ring (bicyclic) bond motifs is 1. The predicted molar refractivity (Wildman–Crippen MR) is 115 cm³/mol. The van der Waals surface area contributed by atoms with E-state index in [0.29, 0.717) is 10.0 Å². The first kappa shape index (κ1) is 19.4. The van der Waals surface area contributed by atoms with E-state index in [4.69, 9.17) is 33.2 Å². The summed E-state index contributed by atoms with van der Waals surface area (Å²) in [6.45, 7) is 8.43. The number of hydrogen-bond acceptors (Lipinski definition) is 5. The second kappa shape index (κ2) is 7.50. The number of anilines is 2. The Balaban J connectivity index is 1.79. The molecule has 0 aliphatic carbocycles. The Morgan fingerprint density at radius 1 is 1.18 bits per heavy atom. The molecule has 1 atom stereocenters. The third-order valence-electron chi connectivity index (χ3n) is 4.69. The number of halogens is 2. The van der Waals surface area contributed by atoms with Crippen LogP contribution in [0.15, 0.2) is 24.4 Å². The first-order valence-electron chi connectivity index (χ1n) is 9.46. The summed E-state index contributed by atoms with van der Waals surface area (Å²) in [4.78, 5) is 14.2. The Hall–Kier alpha value is -1.89. The average Bonchev–Trinajstić information content (AvgIpc) is 3.19. The molecule has 2 aromatic heterocycles. The Morgan fingerprint density at radius 3 is 2.57 bits per heavy atom. The van der Waals surface area contributed by atoms with Crippen LogP contribution in [0, 0.1) is 5.41 Å². The number of aromatic nitrogens is 4. The maximum Gasteiger partial charge on any atom is 0.210 e.